The van der Waals surface area contributed by atoms with Crippen molar-refractivity contribution in [3.05, 3.63) is 47.7 Å². The molecule has 0 aliphatic carbocycles. The molecule has 0 fully saturated rings. The first-order valence-corrected chi connectivity index (χ1v) is 5.29. The topological polar surface area (TPSA) is 48.8 Å². The minimum atomic E-state index is 0.126. The Hall–Kier alpha value is -2.10. The van der Waals surface area contributed by atoms with Crippen LogP contribution in [0.5, 0.6) is 0 Å². The van der Waals surface area contributed by atoms with E-state index in [1.54, 1.807) is 0 Å². The lowest BCUT2D eigenvalue weighted by atomic mass is 10.1. The summed E-state index contributed by atoms with van der Waals surface area (Å²) in [6.07, 6.45) is 3.76. The summed E-state index contributed by atoms with van der Waals surface area (Å²) in [6.45, 7) is 0.719. The lowest BCUT2D eigenvalue weighted by Gasteiger charge is -2.26. The molecule has 0 radical (unpaired) electrons. The number of nitrogens with one attached hydrogen (secondary N) is 2. The zero-order valence-corrected chi connectivity index (χ0v) is 8.72. The third-order valence-corrected chi connectivity index (χ3v) is 2.65. The largest absolute Gasteiger partial charge is 0.301 e. The number of nitrogens with zero attached hydrogens (tertiary/aromatic N) is 2. The van der Waals surface area contributed by atoms with Crippen molar-refractivity contribution < 1.29 is 0 Å². The van der Waals surface area contributed by atoms with E-state index in [0.29, 0.717) is 0 Å². The summed E-state index contributed by atoms with van der Waals surface area (Å²) in [5.74, 6) is 0.875. The highest BCUT2D eigenvalue weighted by Gasteiger charge is 2.20. The number of dihydropyridines is 1. The first-order valence-electron chi connectivity index (χ1n) is 5.29. The summed E-state index contributed by atoms with van der Waals surface area (Å²) >= 11 is 0. The Morgan fingerprint density at radius 3 is 2.88 bits per heavy atom. The van der Waals surface area contributed by atoms with Gasteiger partial charge in [0.1, 0.15) is 11.9 Å². The molecule has 0 saturated heterocycles. The molecule has 2 aliphatic heterocycles. The van der Waals surface area contributed by atoms with E-state index in [4.69, 9.17) is 0 Å². The summed E-state index contributed by atoms with van der Waals surface area (Å²) in [5.41, 5.74) is 8.43. The summed E-state index contributed by atoms with van der Waals surface area (Å²) in [7, 11) is 0. The standard InChI is InChI=1S/C12H12N4/c1-2-4-9(5-3-1)12-14-11-8-13-7-6-10(11)15-16-12/h1-7,11,15H,8H2,(H,14,16). The predicted octanol–water partition coefficient (Wildman–Crippen LogP) is 0.878. The van der Waals surface area contributed by atoms with Gasteiger partial charge in [-0.25, -0.2) is 0 Å². The molecule has 2 aliphatic rings. The maximum absolute atomic E-state index is 4.64. The number of aliphatic imine (C=N–C) groups is 2. The second-order valence-corrected chi connectivity index (χ2v) is 3.75. The smallest absolute Gasteiger partial charge is 0.147 e. The molecular formula is C12H12N4. The van der Waals surface area contributed by atoms with Gasteiger partial charge in [0.2, 0.25) is 0 Å². The maximum Gasteiger partial charge on any atom is 0.147 e. The van der Waals surface area contributed by atoms with E-state index in [2.05, 4.69) is 20.8 Å². The van der Waals surface area contributed by atoms with Gasteiger partial charge in [0.15, 0.2) is 0 Å². The molecule has 0 spiro atoms. The van der Waals surface area contributed by atoms with Gasteiger partial charge in [-0.05, 0) is 6.08 Å². The van der Waals surface area contributed by atoms with Crippen LogP contribution in [-0.4, -0.2) is 24.6 Å². The van der Waals surface area contributed by atoms with Crippen molar-refractivity contribution >= 4 is 12.1 Å². The Kier molecular flexibility index (Phi) is 2.18. The number of hydrogen-bond acceptors (Lipinski definition) is 4. The second kappa shape index (κ2) is 3.81. The average Bonchev–Trinajstić information content (AvgIpc) is 2.39. The van der Waals surface area contributed by atoms with Gasteiger partial charge in [-0.2, -0.15) is 0 Å². The fourth-order valence-electron chi connectivity index (χ4n) is 1.80. The molecule has 1 unspecified atom stereocenters. The van der Waals surface area contributed by atoms with Crippen molar-refractivity contribution in [2.24, 2.45) is 9.98 Å². The normalized spacial score (nSPS) is 22.4. The van der Waals surface area contributed by atoms with Crippen LogP contribution in [0.3, 0.4) is 0 Å². The number of benzene rings is 1. The number of rotatable bonds is 1. The second-order valence-electron chi connectivity index (χ2n) is 3.75. The highest BCUT2D eigenvalue weighted by Crippen LogP contribution is 2.12. The van der Waals surface area contributed by atoms with E-state index in [0.717, 1.165) is 23.6 Å². The molecule has 0 aromatic heterocycles. The first kappa shape index (κ1) is 9.15. The van der Waals surface area contributed by atoms with Crippen molar-refractivity contribution in [2.45, 2.75) is 6.04 Å². The van der Waals surface area contributed by atoms with Gasteiger partial charge < -0.3 is 5.43 Å². The number of amidine groups is 1. The molecule has 1 aromatic carbocycles. The molecule has 1 atom stereocenters. The average molecular weight is 212 g/mol. The van der Waals surface area contributed by atoms with Gasteiger partial charge in [0.25, 0.3) is 0 Å². The SMILES string of the molecule is C1=NCC2N=C(c3ccccc3)NNC2=C1. The van der Waals surface area contributed by atoms with E-state index in [9.17, 15) is 0 Å². The van der Waals surface area contributed by atoms with Crippen molar-refractivity contribution in [3.8, 4) is 0 Å². The van der Waals surface area contributed by atoms with Crippen LogP contribution >= 0.6 is 0 Å². The third-order valence-electron chi connectivity index (χ3n) is 2.65. The highest BCUT2D eigenvalue weighted by molar-refractivity contribution is 5.99. The Balaban J connectivity index is 1.92. The fourth-order valence-corrected chi connectivity index (χ4v) is 1.80. The van der Waals surface area contributed by atoms with Crippen molar-refractivity contribution in [1.29, 1.82) is 0 Å². The highest BCUT2D eigenvalue weighted by atomic mass is 15.4. The van der Waals surface area contributed by atoms with Crippen molar-refractivity contribution in [1.82, 2.24) is 10.9 Å². The van der Waals surface area contributed by atoms with Gasteiger partial charge in [-0.3, -0.25) is 15.4 Å². The lowest BCUT2D eigenvalue weighted by Crippen LogP contribution is -2.47. The van der Waals surface area contributed by atoms with Gasteiger partial charge in [0, 0.05) is 11.8 Å². The van der Waals surface area contributed by atoms with Gasteiger partial charge >= 0.3 is 0 Å². The zero-order valence-electron chi connectivity index (χ0n) is 8.72. The summed E-state index contributed by atoms with van der Waals surface area (Å²) in [5, 5.41) is 0. The lowest BCUT2D eigenvalue weighted by molar-refractivity contribution is 0.612. The van der Waals surface area contributed by atoms with E-state index in [-0.39, 0.29) is 6.04 Å². The Bertz CT molecular complexity index is 473. The van der Waals surface area contributed by atoms with Crippen molar-refractivity contribution in [3.63, 3.8) is 0 Å². The predicted molar refractivity (Wildman–Crippen MR) is 64.5 cm³/mol. The molecule has 4 nitrogen and oxygen atoms in total. The quantitative estimate of drug-likeness (QED) is 0.726. The molecule has 2 heterocycles. The van der Waals surface area contributed by atoms with E-state index < -0.39 is 0 Å². The molecule has 0 saturated carbocycles. The number of hydrazine groups is 1. The van der Waals surface area contributed by atoms with Gasteiger partial charge in [-0.15, -0.1) is 0 Å². The van der Waals surface area contributed by atoms with E-state index in [1.807, 2.05) is 42.6 Å². The summed E-state index contributed by atoms with van der Waals surface area (Å²) in [4.78, 5) is 8.85. The fraction of sp³-hybridized carbons (Fsp3) is 0.167. The van der Waals surface area contributed by atoms with Gasteiger partial charge in [-0.1, -0.05) is 30.3 Å². The van der Waals surface area contributed by atoms with Gasteiger partial charge in [0.05, 0.1) is 12.2 Å². The van der Waals surface area contributed by atoms with Crippen molar-refractivity contribution in [2.75, 3.05) is 6.54 Å². The Morgan fingerprint density at radius 1 is 1.12 bits per heavy atom. The van der Waals surface area contributed by atoms with Crippen LogP contribution < -0.4 is 10.9 Å². The van der Waals surface area contributed by atoms with Crippen LogP contribution in [0.4, 0.5) is 0 Å². The molecule has 2 N–H and O–H groups in total. The minimum absolute atomic E-state index is 0.126. The molecule has 0 bridgehead atoms. The van der Waals surface area contributed by atoms with Crippen LogP contribution in [0.1, 0.15) is 5.56 Å². The Labute approximate surface area is 93.8 Å². The maximum atomic E-state index is 4.64. The first-order chi connectivity index (χ1) is 7.93. The molecule has 1 aromatic rings. The van der Waals surface area contributed by atoms with E-state index in [1.165, 1.54) is 0 Å². The molecular weight excluding hydrogens is 200 g/mol. The Morgan fingerprint density at radius 2 is 2.00 bits per heavy atom. The number of allylic oxidation sites excluding steroid dienone is 1. The van der Waals surface area contributed by atoms with Crippen LogP contribution in [0, 0.1) is 0 Å². The van der Waals surface area contributed by atoms with Crippen LogP contribution in [-0.2, 0) is 0 Å². The zero-order chi connectivity index (χ0) is 10.8. The van der Waals surface area contributed by atoms with Crippen LogP contribution in [0.2, 0.25) is 0 Å². The van der Waals surface area contributed by atoms with Crippen LogP contribution in [0.25, 0.3) is 0 Å². The number of hydrogen-bond donors (Lipinski definition) is 2. The molecule has 16 heavy (non-hydrogen) atoms. The number of fused-ring (bicyclic) bond motifs is 1. The monoisotopic (exact) mass is 212 g/mol. The van der Waals surface area contributed by atoms with E-state index >= 15 is 0 Å². The summed E-state index contributed by atoms with van der Waals surface area (Å²) in [6, 6.07) is 10.2. The third kappa shape index (κ3) is 1.58. The molecule has 3 rings (SSSR count). The van der Waals surface area contributed by atoms with Crippen LogP contribution in [0.15, 0.2) is 52.1 Å². The summed E-state index contributed by atoms with van der Waals surface area (Å²) < 4.78 is 0. The molecule has 4 heteroatoms. The molecule has 80 valence electrons. The minimum Gasteiger partial charge on any atom is -0.301 e. The molecule has 0 amide bonds.